The van der Waals surface area contributed by atoms with Gasteiger partial charge in [-0.15, -0.1) is 10.2 Å². The molecule has 0 bridgehead atoms. The molecule has 2 aromatic heterocycles. The zero-order valence-electron chi connectivity index (χ0n) is 13.8. The van der Waals surface area contributed by atoms with Crippen LogP contribution in [0.5, 0.6) is 0 Å². The Morgan fingerprint density at radius 1 is 1.21 bits per heavy atom. The van der Waals surface area contributed by atoms with E-state index in [9.17, 15) is 4.79 Å². The zero-order chi connectivity index (χ0) is 16.4. The number of carbonyl (C=O) groups is 1. The average molecular weight is 345 g/mol. The highest BCUT2D eigenvalue weighted by Crippen LogP contribution is 2.28. The topological polar surface area (TPSA) is 63.1 Å². The van der Waals surface area contributed by atoms with Crippen LogP contribution in [0.3, 0.4) is 0 Å². The normalized spacial score (nSPS) is 21.2. The minimum Gasteiger partial charge on any atom is -0.324 e. The third-order valence-corrected chi connectivity index (χ3v) is 5.67. The first-order valence-corrected chi connectivity index (χ1v) is 9.75. The Labute approximate surface area is 145 Å². The standard InChI is InChI=1S/C17H23N5OS/c23-17(18-14-7-10-24-12-14)21-8-4-5-13(11-21)16-20-19-15-6-2-1-3-9-22(15)16/h7,10,12-13H,1-6,8-9,11H2,(H,18,23)/t13-/m0/s1. The Morgan fingerprint density at radius 3 is 3.04 bits per heavy atom. The van der Waals surface area contributed by atoms with Gasteiger partial charge >= 0.3 is 6.03 Å². The molecule has 4 rings (SSSR count). The number of aromatic nitrogens is 3. The lowest BCUT2D eigenvalue weighted by Gasteiger charge is -2.32. The van der Waals surface area contributed by atoms with Gasteiger partial charge in [0.1, 0.15) is 11.6 Å². The minimum absolute atomic E-state index is 0.00583. The molecule has 1 fully saturated rings. The third-order valence-electron chi connectivity index (χ3n) is 4.98. The van der Waals surface area contributed by atoms with E-state index in [1.807, 2.05) is 21.7 Å². The van der Waals surface area contributed by atoms with Crippen LogP contribution in [-0.4, -0.2) is 38.8 Å². The van der Waals surface area contributed by atoms with Crippen molar-refractivity contribution in [1.29, 1.82) is 0 Å². The number of carbonyl (C=O) groups excluding carboxylic acids is 1. The van der Waals surface area contributed by atoms with Crippen molar-refractivity contribution in [2.24, 2.45) is 0 Å². The lowest BCUT2D eigenvalue weighted by Crippen LogP contribution is -2.42. The van der Waals surface area contributed by atoms with Gasteiger partial charge in [0, 0.05) is 37.4 Å². The first kappa shape index (κ1) is 15.6. The highest BCUT2D eigenvalue weighted by atomic mass is 32.1. The third kappa shape index (κ3) is 3.17. The first-order valence-electron chi connectivity index (χ1n) is 8.81. The van der Waals surface area contributed by atoms with Crippen LogP contribution < -0.4 is 5.32 Å². The average Bonchev–Trinajstić information content (AvgIpc) is 3.20. The molecule has 2 amide bonds. The summed E-state index contributed by atoms with van der Waals surface area (Å²) in [5, 5.41) is 15.8. The van der Waals surface area contributed by atoms with E-state index in [0.29, 0.717) is 5.92 Å². The van der Waals surface area contributed by atoms with E-state index >= 15 is 0 Å². The Bertz CT molecular complexity index is 696. The fourth-order valence-corrected chi connectivity index (χ4v) is 4.31. The number of nitrogens with one attached hydrogen (secondary N) is 1. The molecule has 0 radical (unpaired) electrons. The van der Waals surface area contributed by atoms with E-state index in [2.05, 4.69) is 20.1 Å². The van der Waals surface area contributed by atoms with E-state index < -0.39 is 0 Å². The largest absolute Gasteiger partial charge is 0.324 e. The van der Waals surface area contributed by atoms with Crippen LogP contribution in [0.2, 0.25) is 0 Å². The zero-order valence-corrected chi connectivity index (χ0v) is 14.6. The van der Waals surface area contributed by atoms with Gasteiger partial charge in [0.05, 0.1) is 5.69 Å². The summed E-state index contributed by atoms with van der Waals surface area (Å²) in [4.78, 5) is 14.4. The van der Waals surface area contributed by atoms with Gasteiger partial charge in [-0.05, 0) is 37.1 Å². The number of thiophene rings is 1. The van der Waals surface area contributed by atoms with Crippen molar-refractivity contribution in [2.75, 3.05) is 18.4 Å². The summed E-state index contributed by atoms with van der Waals surface area (Å²) in [7, 11) is 0. The summed E-state index contributed by atoms with van der Waals surface area (Å²) >= 11 is 1.59. The number of rotatable bonds is 2. The Kier molecular flexibility index (Phi) is 4.51. The van der Waals surface area contributed by atoms with Crippen LogP contribution in [0.25, 0.3) is 0 Å². The van der Waals surface area contributed by atoms with E-state index in [-0.39, 0.29) is 6.03 Å². The van der Waals surface area contributed by atoms with Crippen molar-refractivity contribution in [1.82, 2.24) is 19.7 Å². The first-order chi connectivity index (χ1) is 11.8. The molecular formula is C17H23N5OS. The molecule has 0 spiro atoms. The highest BCUT2D eigenvalue weighted by Gasteiger charge is 2.29. The van der Waals surface area contributed by atoms with Crippen LogP contribution in [0.4, 0.5) is 10.5 Å². The molecule has 7 heteroatoms. The van der Waals surface area contributed by atoms with Gasteiger partial charge in [0.15, 0.2) is 0 Å². The molecule has 0 aromatic carbocycles. The number of amides is 2. The van der Waals surface area contributed by atoms with Gasteiger partial charge in [-0.1, -0.05) is 6.42 Å². The number of piperidine rings is 1. The second-order valence-corrected chi connectivity index (χ2v) is 7.44. The van der Waals surface area contributed by atoms with E-state index in [0.717, 1.165) is 56.2 Å². The molecule has 4 heterocycles. The van der Waals surface area contributed by atoms with Crippen molar-refractivity contribution in [3.8, 4) is 0 Å². The minimum atomic E-state index is -0.00583. The summed E-state index contributed by atoms with van der Waals surface area (Å²) in [6.45, 7) is 2.57. The van der Waals surface area contributed by atoms with Crippen LogP contribution in [-0.2, 0) is 13.0 Å². The molecule has 2 aliphatic rings. The molecule has 24 heavy (non-hydrogen) atoms. The number of anilines is 1. The summed E-state index contributed by atoms with van der Waals surface area (Å²) in [6, 6.07) is 1.93. The van der Waals surface area contributed by atoms with Crippen LogP contribution in [0, 0.1) is 0 Å². The number of hydrogen-bond donors (Lipinski definition) is 1. The van der Waals surface area contributed by atoms with E-state index in [4.69, 9.17) is 0 Å². The molecule has 2 aromatic rings. The van der Waals surface area contributed by atoms with Crippen molar-refractivity contribution in [3.63, 3.8) is 0 Å². The molecular weight excluding hydrogens is 322 g/mol. The van der Waals surface area contributed by atoms with Gasteiger partial charge in [0.25, 0.3) is 0 Å². The smallest absolute Gasteiger partial charge is 0.321 e. The Morgan fingerprint density at radius 2 is 2.17 bits per heavy atom. The van der Waals surface area contributed by atoms with Gasteiger partial charge in [-0.3, -0.25) is 0 Å². The predicted octanol–water partition coefficient (Wildman–Crippen LogP) is 3.48. The van der Waals surface area contributed by atoms with Crippen molar-refractivity contribution >= 4 is 23.1 Å². The Balaban J connectivity index is 1.47. The number of likely N-dealkylation sites (tertiary alicyclic amines) is 1. The van der Waals surface area contributed by atoms with Gasteiger partial charge in [-0.25, -0.2) is 4.79 Å². The van der Waals surface area contributed by atoms with E-state index in [1.165, 1.54) is 19.3 Å². The SMILES string of the molecule is O=C(Nc1ccsc1)N1CCC[C@H](c2nnc3n2CCCCC3)C1. The predicted molar refractivity (Wildman–Crippen MR) is 94.5 cm³/mol. The Hall–Kier alpha value is -1.89. The lowest BCUT2D eigenvalue weighted by atomic mass is 9.97. The van der Waals surface area contributed by atoms with Crippen molar-refractivity contribution in [3.05, 3.63) is 28.5 Å². The van der Waals surface area contributed by atoms with Gasteiger partial charge < -0.3 is 14.8 Å². The maximum atomic E-state index is 12.5. The molecule has 1 atom stereocenters. The number of nitrogens with zero attached hydrogens (tertiary/aromatic N) is 4. The molecule has 0 aliphatic carbocycles. The fraction of sp³-hybridized carbons (Fsp3) is 0.588. The van der Waals surface area contributed by atoms with Gasteiger partial charge in [0.2, 0.25) is 0 Å². The fourth-order valence-electron chi connectivity index (χ4n) is 3.72. The maximum absolute atomic E-state index is 12.5. The van der Waals surface area contributed by atoms with E-state index in [1.54, 1.807) is 11.3 Å². The van der Waals surface area contributed by atoms with Crippen molar-refractivity contribution < 1.29 is 4.79 Å². The quantitative estimate of drug-likeness (QED) is 0.906. The molecule has 2 aliphatic heterocycles. The highest BCUT2D eigenvalue weighted by molar-refractivity contribution is 7.08. The lowest BCUT2D eigenvalue weighted by molar-refractivity contribution is 0.190. The number of fused-ring (bicyclic) bond motifs is 1. The summed E-state index contributed by atoms with van der Waals surface area (Å²) in [5.41, 5.74) is 0.878. The second kappa shape index (κ2) is 6.93. The van der Waals surface area contributed by atoms with Gasteiger partial charge in [-0.2, -0.15) is 11.3 Å². The molecule has 1 N–H and O–H groups in total. The molecule has 6 nitrogen and oxygen atoms in total. The monoisotopic (exact) mass is 345 g/mol. The molecule has 0 unspecified atom stereocenters. The van der Waals surface area contributed by atoms with Crippen LogP contribution in [0.1, 0.15) is 49.7 Å². The summed E-state index contributed by atoms with van der Waals surface area (Å²) < 4.78 is 2.32. The number of urea groups is 1. The maximum Gasteiger partial charge on any atom is 0.321 e. The summed E-state index contributed by atoms with van der Waals surface area (Å²) in [5.74, 6) is 2.51. The number of aryl methyl sites for hydroxylation is 1. The second-order valence-electron chi connectivity index (χ2n) is 6.66. The van der Waals surface area contributed by atoms with Crippen LogP contribution >= 0.6 is 11.3 Å². The molecule has 128 valence electrons. The molecule has 0 saturated carbocycles. The number of hydrogen-bond acceptors (Lipinski definition) is 4. The summed E-state index contributed by atoms with van der Waals surface area (Å²) in [6.07, 6.45) is 6.81. The molecule has 1 saturated heterocycles. The van der Waals surface area contributed by atoms with Crippen LogP contribution in [0.15, 0.2) is 16.8 Å². The van der Waals surface area contributed by atoms with Crippen molar-refractivity contribution in [2.45, 2.75) is 51.0 Å².